The number of aromatic amines is 1. The van der Waals surface area contributed by atoms with Gasteiger partial charge in [-0.1, -0.05) is 12.1 Å². The molecule has 5 heteroatoms. The number of hydrogen-bond donors (Lipinski definition) is 1. The summed E-state index contributed by atoms with van der Waals surface area (Å²) in [5.41, 5.74) is 0.825. The van der Waals surface area contributed by atoms with Gasteiger partial charge in [0.05, 0.1) is 3.57 Å². The van der Waals surface area contributed by atoms with Crippen molar-refractivity contribution in [3.63, 3.8) is 0 Å². The van der Waals surface area contributed by atoms with E-state index < -0.39 is 0 Å². The summed E-state index contributed by atoms with van der Waals surface area (Å²) in [6, 6.07) is 7.93. The molecule has 3 nitrogen and oxygen atoms in total. The van der Waals surface area contributed by atoms with Gasteiger partial charge in [0.1, 0.15) is 5.82 Å². The summed E-state index contributed by atoms with van der Waals surface area (Å²) in [6.07, 6.45) is 3.61. The molecule has 0 bridgehead atoms. The van der Waals surface area contributed by atoms with Gasteiger partial charge in [0.25, 0.3) is 5.56 Å². The lowest BCUT2D eigenvalue weighted by atomic mass is 10.2. The van der Waals surface area contributed by atoms with Gasteiger partial charge in [0.2, 0.25) is 0 Å². The lowest BCUT2D eigenvalue weighted by molar-refractivity contribution is 1.11. The first-order valence-corrected chi connectivity index (χ1v) is 6.90. The van der Waals surface area contributed by atoms with Crippen LogP contribution in [-0.2, 0) is 0 Å². The van der Waals surface area contributed by atoms with Gasteiger partial charge in [-0.2, -0.15) is 0 Å². The van der Waals surface area contributed by atoms with Crippen LogP contribution in [-0.4, -0.2) is 16.2 Å². The Kier molecular flexibility index (Phi) is 3.65. The van der Waals surface area contributed by atoms with Crippen LogP contribution in [0.3, 0.4) is 0 Å². The molecule has 1 heterocycles. The topological polar surface area (TPSA) is 45.8 Å². The summed E-state index contributed by atoms with van der Waals surface area (Å²) in [7, 11) is 0. The second-order valence-corrected chi connectivity index (χ2v) is 5.18. The smallest absolute Gasteiger partial charge is 0.264 e. The number of halogens is 1. The summed E-state index contributed by atoms with van der Waals surface area (Å²) in [4.78, 5) is 19.6. The Hall–Kier alpha value is -0.820. The molecule has 1 aromatic heterocycles. The molecular weight excluding hydrogens is 335 g/mol. The zero-order valence-electron chi connectivity index (χ0n) is 8.53. The fourth-order valence-electron chi connectivity index (χ4n) is 1.27. The summed E-state index contributed by atoms with van der Waals surface area (Å²) in [6.45, 7) is 0. The van der Waals surface area contributed by atoms with Crippen LogP contribution in [0.1, 0.15) is 0 Å². The van der Waals surface area contributed by atoms with Gasteiger partial charge in [0, 0.05) is 16.7 Å². The van der Waals surface area contributed by atoms with Crippen LogP contribution in [0.5, 0.6) is 0 Å². The number of benzene rings is 1. The first-order chi connectivity index (χ1) is 7.70. The van der Waals surface area contributed by atoms with Gasteiger partial charge in [-0.25, -0.2) is 4.98 Å². The van der Waals surface area contributed by atoms with Crippen molar-refractivity contribution in [2.45, 2.75) is 4.90 Å². The van der Waals surface area contributed by atoms with Crippen LogP contribution >= 0.6 is 34.4 Å². The first-order valence-electron chi connectivity index (χ1n) is 4.60. The van der Waals surface area contributed by atoms with Crippen molar-refractivity contribution < 1.29 is 0 Å². The zero-order valence-corrected chi connectivity index (χ0v) is 11.5. The first kappa shape index (κ1) is 11.7. The lowest BCUT2D eigenvalue weighted by Crippen LogP contribution is -2.11. The van der Waals surface area contributed by atoms with Crippen LogP contribution < -0.4 is 5.56 Å². The third kappa shape index (κ3) is 2.46. The number of hydrogen-bond acceptors (Lipinski definition) is 3. The molecular formula is C11H9IN2OS. The van der Waals surface area contributed by atoms with Gasteiger partial charge < -0.3 is 4.98 Å². The van der Waals surface area contributed by atoms with E-state index >= 15 is 0 Å². The molecule has 82 valence electrons. The zero-order chi connectivity index (χ0) is 11.5. The summed E-state index contributed by atoms with van der Waals surface area (Å²) >= 11 is 3.65. The maximum absolute atomic E-state index is 11.4. The highest BCUT2D eigenvalue weighted by molar-refractivity contribution is 14.1. The van der Waals surface area contributed by atoms with E-state index in [2.05, 4.69) is 9.97 Å². The van der Waals surface area contributed by atoms with Gasteiger partial charge >= 0.3 is 0 Å². The Labute approximate surface area is 111 Å². The predicted molar refractivity (Wildman–Crippen MR) is 74.8 cm³/mol. The molecule has 2 rings (SSSR count). The number of nitrogens with zero attached hydrogens (tertiary/aromatic N) is 1. The minimum absolute atomic E-state index is 0.0976. The largest absolute Gasteiger partial charge is 0.306 e. The average Bonchev–Trinajstić information content (AvgIpc) is 2.33. The van der Waals surface area contributed by atoms with Crippen LogP contribution in [0.2, 0.25) is 0 Å². The molecule has 0 aliphatic rings. The van der Waals surface area contributed by atoms with Gasteiger partial charge in [-0.05, 0) is 41.0 Å². The fourth-order valence-corrected chi connectivity index (χ4v) is 1.96. The van der Waals surface area contributed by atoms with Crippen LogP contribution in [0, 0.1) is 3.57 Å². The molecule has 16 heavy (non-hydrogen) atoms. The monoisotopic (exact) mass is 344 g/mol. The molecule has 0 radical (unpaired) electrons. The summed E-state index contributed by atoms with van der Waals surface area (Å²) < 4.78 is 0.599. The van der Waals surface area contributed by atoms with Crippen molar-refractivity contribution in [3.8, 4) is 11.4 Å². The third-order valence-electron chi connectivity index (χ3n) is 2.12. The highest BCUT2D eigenvalue weighted by Gasteiger charge is 2.02. The molecule has 0 spiro atoms. The maximum Gasteiger partial charge on any atom is 0.264 e. The molecule has 2 aromatic rings. The Balaban J connectivity index is 2.42. The minimum Gasteiger partial charge on any atom is -0.306 e. The van der Waals surface area contributed by atoms with E-state index in [1.165, 1.54) is 4.90 Å². The fraction of sp³-hybridized carbons (Fsp3) is 0.0909. The molecule has 0 aliphatic heterocycles. The van der Waals surface area contributed by atoms with E-state index in [1.54, 1.807) is 18.0 Å². The molecule has 1 aromatic carbocycles. The van der Waals surface area contributed by atoms with E-state index in [0.717, 1.165) is 5.56 Å². The minimum atomic E-state index is -0.0976. The van der Waals surface area contributed by atoms with Crippen LogP contribution in [0.4, 0.5) is 0 Å². The normalized spacial score (nSPS) is 10.4. The molecule has 0 amide bonds. The predicted octanol–water partition coefficient (Wildman–Crippen LogP) is 2.76. The van der Waals surface area contributed by atoms with E-state index in [4.69, 9.17) is 0 Å². The van der Waals surface area contributed by atoms with E-state index in [1.807, 2.05) is 53.1 Å². The van der Waals surface area contributed by atoms with Crippen molar-refractivity contribution in [2.75, 3.05) is 6.26 Å². The number of thioether (sulfide) groups is 1. The number of nitrogens with one attached hydrogen (secondary N) is 1. The van der Waals surface area contributed by atoms with Crippen molar-refractivity contribution >= 4 is 34.4 Å². The van der Waals surface area contributed by atoms with E-state index in [-0.39, 0.29) is 5.56 Å². The molecule has 1 N–H and O–H groups in total. The van der Waals surface area contributed by atoms with Gasteiger partial charge in [-0.3, -0.25) is 4.79 Å². The van der Waals surface area contributed by atoms with Gasteiger partial charge in [0.15, 0.2) is 0 Å². The van der Waals surface area contributed by atoms with E-state index in [0.29, 0.717) is 9.39 Å². The third-order valence-corrected chi connectivity index (χ3v) is 3.63. The molecule has 0 atom stereocenters. The molecule has 0 unspecified atom stereocenters. The van der Waals surface area contributed by atoms with Crippen molar-refractivity contribution in [1.82, 2.24) is 9.97 Å². The Morgan fingerprint density at radius 2 is 2.00 bits per heavy atom. The number of rotatable bonds is 2. The van der Waals surface area contributed by atoms with Crippen LogP contribution in [0.15, 0.2) is 40.2 Å². The number of H-pyrrole nitrogens is 1. The SMILES string of the molecule is CSc1ccc(-c2ncc(I)c(=O)[nH]2)cc1. The number of aromatic nitrogens is 2. The summed E-state index contributed by atoms with van der Waals surface area (Å²) in [5, 5.41) is 0. The standard InChI is InChI=1S/C11H9IN2OS/c1-16-8-4-2-7(3-5-8)10-13-6-9(12)11(15)14-10/h2-6H,1H3,(H,13,14,15). The Morgan fingerprint density at radius 3 is 2.56 bits per heavy atom. The lowest BCUT2D eigenvalue weighted by Gasteiger charge is -2.01. The van der Waals surface area contributed by atoms with Crippen molar-refractivity contribution in [3.05, 3.63) is 44.4 Å². The van der Waals surface area contributed by atoms with Crippen molar-refractivity contribution in [1.29, 1.82) is 0 Å². The molecule has 0 saturated carbocycles. The Morgan fingerprint density at radius 1 is 1.31 bits per heavy atom. The Bertz CT molecular complexity index is 551. The molecule has 0 fully saturated rings. The van der Waals surface area contributed by atoms with E-state index in [9.17, 15) is 4.79 Å². The highest BCUT2D eigenvalue weighted by atomic mass is 127. The second-order valence-electron chi connectivity index (χ2n) is 3.14. The van der Waals surface area contributed by atoms with Crippen molar-refractivity contribution in [2.24, 2.45) is 0 Å². The average molecular weight is 344 g/mol. The summed E-state index contributed by atoms with van der Waals surface area (Å²) in [5.74, 6) is 0.609. The molecule has 0 saturated heterocycles. The molecule has 0 aliphatic carbocycles. The highest BCUT2D eigenvalue weighted by Crippen LogP contribution is 2.19. The van der Waals surface area contributed by atoms with Gasteiger partial charge in [-0.15, -0.1) is 11.8 Å². The second kappa shape index (κ2) is 5.01. The quantitative estimate of drug-likeness (QED) is 0.673. The maximum atomic E-state index is 11.4. The van der Waals surface area contributed by atoms with Crippen LogP contribution in [0.25, 0.3) is 11.4 Å².